The van der Waals surface area contributed by atoms with E-state index in [1.807, 2.05) is 21.7 Å². The maximum Gasteiger partial charge on any atom is 0.416 e. The average Bonchev–Trinajstić information content (AvgIpc) is 3.05. The van der Waals surface area contributed by atoms with Crippen molar-refractivity contribution in [1.82, 2.24) is 9.47 Å². The van der Waals surface area contributed by atoms with Crippen molar-refractivity contribution in [3.05, 3.63) is 94.8 Å². The molecule has 3 aromatic rings. The van der Waals surface area contributed by atoms with Crippen LogP contribution in [0.4, 0.5) is 22.0 Å². The molecule has 0 amide bonds. The summed E-state index contributed by atoms with van der Waals surface area (Å²) in [5.74, 6) is -1.34. The van der Waals surface area contributed by atoms with Crippen molar-refractivity contribution in [3.8, 4) is 0 Å². The van der Waals surface area contributed by atoms with E-state index in [9.17, 15) is 22.0 Å². The van der Waals surface area contributed by atoms with Crippen LogP contribution in [0.2, 0.25) is 0 Å². The Kier molecular flexibility index (Phi) is 5.17. The highest BCUT2D eigenvalue weighted by Crippen LogP contribution is 2.36. The second kappa shape index (κ2) is 7.63. The molecule has 0 saturated heterocycles. The third kappa shape index (κ3) is 3.92. The number of aromatic nitrogens is 1. The van der Waals surface area contributed by atoms with Gasteiger partial charge >= 0.3 is 6.18 Å². The van der Waals surface area contributed by atoms with Gasteiger partial charge in [0.25, 0.3) is 0 Å². The van der Waals surface area contributed by atoms with Gasteiger partial charge in [-0.3, -0.25) is 4.90 Å². The van der Waals surface area contributed by atoms with E-state index in [0.717, 1.165) is 17.8 Å². The molecule has 4 rings (SSSR count). The minimum Gasteiger partial charge on any atom is -0.350 e. The van der Waals surface area contributed by atoms with Crippen molar-refractivity contribution in [3.63, 3.8) is 0 Å². The summed E-state index contributed by atoms with van der Waals surface area (Å²) in [7, 11) is 0. The van der Waals surface area contributed by atoms with Crippen LogP contribution >= 0.6 is 0 Å². The molecule has 1 atom stereocenters. The first-order valence-electron chi connectivity index (χ1n) is 9.34. The van der Waals surface area contributed by atoms with E-state index in [4.69, 9.17) is 0 Å². The largest absolute Gasteiger partial charge is 0.416 e. The van der Waals surface area contributed by atoms with Gasteiger partial charge in [0, 0.05) is 37.1 Å². The molecule has 0 aliphatic carbocycles. The molecule has 0 radical (unpaired) electrons. The van der Waals surface area contributed by atoms with E-state index < -0.39 is 29.4 Å². The number of benzene rings is 2. The molecule has 1 aromatic heterocycles. The molecule has 0 unspecified atom stereocenters. The number of halogens is 5. The van der Waals surface area contributed by atoms with Gasteiger partial charge in [0.1, 0.15) is 11.6 Å². The van der Waals surface area contributed by atoms with Crippen LogP contribution in [-0.2, 0) is 19.3 Å². The van der Waals surface area contributed by atoms with Crippen LogP contribution in [-0.4, -0.2) is 16.0 Å². The van der Waals surface area contributed by atoms with Crippen LogP contribution < -0.4 is 0 Å². The number of hydrogen-bond donors (Lipinski definition) is 0. The van der Waals surface area contributed by atoms with E-state index in [-0.39, 0.29) is 12.1 Å². The quantitative estimate of drug-likeness (QED) is 0.501. The summed E-state index contributed by atoms with van der Waals surface area (Å²) in [5, 5.41) is 0. The number of aryl methyl sites for hydroxylation is 1. The second-order valence-electron chi connectivity index (χ2n) is 7.19. The molecule has 29 heavy (non-hydrogen) atoms. The number of alkyl halides is 3. The molecule has 0 fully saturated rings. The molecule has 1 aliphatic heterocycles. The van der Waals surface area contributed by atoms with Crippen LogP contribution in [0.5, 0.6) is 0 Å². The van der Waals surface area contributed by atoms with Gasteiger partial charge in [-0.1, -0.05) is 24.3 Å². The maximum atomic E-state index is 14.7. The Balaban J connectivity index is 1.77. The van der Waals surface area contributed by atoms with E-state index in [1.165, 1.54) is 24.3 Å². The van der Waals surface area contributed by atoms with Gasteiger partial charge in [-0.15, -0.1) is 0 Å². The average molecular weight is 406 g/mol. The van der Waals surface area contributed by atoms with Crippen molar-refractivity contribution >= 4 is 0 Å². The van der Waals surface area contributed by atoms with Gasteiger partial charge in [-0.2, -0.15) is 13.2 Å². The highest BCUT2D eigenvalue weighted by Gasteiger charge is 2.33. The van der Waals surface area contributed by atoms with E-state index in [2.05, 4.69) is 0 Å². The molecule has 0 spiro atoms. The molecule has 1 aliphatic rings. The highest BCUT2D eigenvalue weighted by atomic mass is 19.4. The van der Waals surface area contributed by atoms with Gasteiger partial charge in [-0.25, -0.2) is 8.78 Å². The highest BCUT2D eigenvalue weighted by molar-refractivity contribution is 5.33. The standard InChI is InChI=1S/C22H19F5N2/c23-17-7-2-8-18(24)20(17)21-19-9-3-10-28(19)11-4-12-29(21)14-15-5-1-6-16(13-15)22(25,26)27/h1-3,5-10,13,21H,4,11-12,14H2/t21-/m0/s1. The Hall–Kier alpha value is -2.67. The molecule has 0 N–H and O–H groups in total. The van der Waals surface area contributed by atoms with Crippen LogP contribution in [0.15, 0.2) is 60.8 Å². The molecular weight excluding hydrogens is 387 g/mol. The molecule has 2 nitrogen and oxygen atoms in total. The lowest BCUT2D eigenvalue weighted by atomic mass is 9.99. The SMILES string of the molecule is Fc1cccc(F)c1[C@@H]1c2cccn2CCCN1Cc1cccc(C(F)(F)F)c1. The van der Waals surface area contributed by atoms with Crippen LogP contribution in [0.3, 0.4) is 0 Å². The van der Waals surface area contributed by atoms with Crippen molar-refractivity contribution in [2.45, 2.75) is 31.7 Å². The Morgan fingerprint density at radius 2 is 1.62 bits per heavy atom. The van der Waals surface area contributed by atoms with Gasteiger partial charge in [0.2, 0.25) is 0 Å². The van der Waals surface area contributed by atoms with Gasteiger partial charge in [-0.05, 0) is 42.3 Å². The number of rotatable bonds is 3. The number of fused-ring (bicyclic) bond motifs is 1. The normalized spacial score (nSPS) is 17.8. The zero-order valence-corrected chi connectivity index (χ0v) is 15.5. The fourth-order valence-corrected chi connectivity index (χ4v) is 3.99. The molecule has 152 valence electrons. The summed E-state index contributed by atoms with van der Waals surface area (Å²) < 4.78 is 70.6. The lowest BCUT2D eigenvalue weighted by molar-refractivity contribution is -0.137. The van der Waals surface area contributed by atoms with Crippen LogP contribution in [0.1, 0.15) is 34.8 Å². The Morgan fingerprint density at radius 1 is 0.897 bits per heavy atom. The van der Waals surface area contributed by atoms with Crippen molar-refractivity contribution in [1.29, 1.82) is 0 Å². The van der Waals surface area contributed by atoms with Gasteiger partial charge in [0.05, 0.1) is 11.6 Å². The second-order valence-corrected chi connectivity index (χ2v) is 7.19. The molecule has 2 aromatic carbocycles. The molecule has 0 bridgehead atoms. The number of nitrogens with zero attached hydrogens (tertiary/aromatic N) is 2. The van der Waals surface area contributed by atoms with E-state index in [1.54, 1.807) is 12.1 Å². The molecule has 7 heteroatoms. The summed E-state index contributed by atoms with van der Waals surface area (Å²) in [6.07, 6.45) is -1.87. The monoisotopic (exact) mass is 406 g/mol. The number of hydrogen-bond acceptors (Lipinski definition) is 1. The zero-order chi connectivity index (χ0) is 20.6. The molecule has 0 saturated carbocycles. The summed E-state index contributed by atoms with van der Waals surface area (Å²) in [4.78, 5) is 1.84. The topological polar surface area (TPSA) is 8.17 Å². The smallest absolute Gasteiger partial charge is 0.350 e. The Morgan fingerprint density at radius 3 is 2.34 bits per heavy atom. The van der Waals surface area contributed by atoms with E-state index in [0.29, 0.717) is 25.1 Å². The van der Waals surface area contributed by atoms with E-state index >= 15 is 0 Å². The lowest BCUT2D eigenvalue weighted by Gasteiger charge is -2.31. The van der Waals surface area contributed by atoms with Crippen molar-refractivity contribution in [2.75, 3.05) is 6.54 Å². The fourth-order valence-electron chi connectivity index (χ4n) is 3.99. The summed E-state index contributed by atoms with van der Waals surface area (Å²) in [6.45, 7) is 1.32. The molecule has 2 heterocycles. The van der Waals surface area contributed by atoms with Crippen LogP contribution in [0.25, 0.3) is 0 Å². The summed E-state index contributed by atoms with van der Waals surface area (Å²) in [6, 6.07) is 11.7. The lowest BCUT2D eigenvalue weighted by Crippen LogP contribution is -2.31. The van der Waals surface area contributed by atoms with Crippen molar-refractivity contribution < 1.29 is 22.0 Å². The molecular formula is C22H19F5N2. The minimum absolute atomic E-state index is 0.0821. The predicted molar refractivity (Wildman–Crippen MR) is 99.1 cm³/mol. The maximum absolute atomic E-state index is 14.7. The fraction of sp³-hybridized carbons (Fsp3) is 0.273. The Bertz CT molecular complexity index is 988. The summed E-state index contributed by atoms with van der Waals surface area (Å²) in [5.41, 5.74) is 0.350. The summed E-state index contributed by atoms with van der Waals surface area (Å²) >= 11 is 0. The first-order chi connectivity index (χ1) is 13.8. The van der Waals surface area contributed by atoms with Crippen LogP contribution in [0, 0.1) is 11.6 Å². The van der Waals surface area contributed by atoms with Crippen molar-refractivity contribution in [2.24, 2.45) is 0 Å². The minimum atomic E-state index is -4.44. The first-order valence-corrected chi connectivity index (χ1v) is 9.34. The predicted octanol–water partition coefficient (Wildman–Crippen LogP) is 5.78. The Labute approximate surface area is 165 Å². The first kappa shape index (κ1) is 19.6. The third-order valence-corrected chi connectivity index (χ3v) is 5.27. The third-order valence-electron chi connectivity index (χ3n) is 5.27. The van der Waals surface area contributed by atoms with Gasteiger partial charge in [0.15, 0.2) is 0 Å². The van der Waals surface area contributed by atoms with Gasteiger partial charge < -0.3 is 4.57 Å². The zero-order valence-electron chi connectivity index (χ0n) is 15.5.